The van der Waals surface area contributed by atoms with Crippen LogP contribution in [0.3, 0.4) is 0 Å². The van der Waals surface area contributed by atoms with Gasteiger partial charge in [0.05, 0.1) is 53.1 Å². The van der Waals surface area contributed by atoms with Crippen LogP contribution in [-0.4, -0.2) is 113 Å². The van der Waals surface area contributed by atoms with E-state index in [0.717, 1.165) is 81.0 Å². The van der Waals surface area contributed by atoms with Gasteiger partial charge in [-0.1, -0.05) is 19.9 Å². The predicted octanol–water partition coefficient (Wildman–Crippen LogP) is 1.77. The first-order chi connectivity index (χ1) is 21.3. The highest BCUT2D eigenvalue weighted by atomic mass is 16.5. The number of morpholine rings is 1. The zero-order valence-corrected chi connectivity index (χ0v) is 26.2. The van der Waals surface area contributed by atoms with E-state index in [1.54, 1.807) is 21.3 Å². The highest BCUT2D eigenvalue weighted by Crippen LogP contribution is 2.40. The van der Waals surface area contributed by atoms with Crippen LogP contribution in [0.15, 0.2) is 12.1 Å². The maximum Gasteiger partial charge on any atom is 0.336 e. The highest BCUT2D eigenvalue weighted by Gasteiger charge is 2.40. The minimum atomic E-state index is -2.74. The average Bonchev–Trinajstić information content (AvgIpc) is 2.99. The topological polar surface area (TPSA) is 201 Å². The fourth-order valence-electron chi connectivity index (χ4n) is 5.16. The van der Waals surface area contributed by atoms with Crippen molar-refractivity contribution in [1.29, 1.82) is 0 Å². The number of carboxylic acid groups (broad SMARTS) is 3. The van der Waals surface area contributed by atoms with Crippen molar-refractivity contribution in [3.05, 3.63) is 34.8 Å². The quantitative estimate of drug-likeness (QED) is 0.263. The Morgan fingerprint density at radius 3 is 2.07 bits per heavy atom. The summed E-state index contributed by atoms with van der Waals surface area (Å²) in [6, 6.07) is 3.98. The molecule has 248 valence electrons. The van der Waals surface area contributed by atoms with Crippen LogP contribution in [0.4, 0.5) is 5.82 Å². The Hall–Kier alpha value is -4.21. The molecule has 2 aromatic rings. The Morgan fingerprint density at radius 2 is 1.56 bits per heavy atom. The lowest BCUT2D eigenvalue weighted by Gasteiger charge is -2.34. The number of hydrogen-bond donors (Lipinski definition) is 4. The second-order valence-corrected chi connectivity index (χ2v) is 11.0. The lowest BCUT2D eigenvalue weighted by atomic mass is 9.96. The maximum atomic E-state index is 10.3. The van der Waals surface area contributed by atoms with Crippen molar-refractivity contribution in [1.82, 2.24) is 14.9 Å². The molecule has 45 heavy (non-hydrogen) atoms. The summed E-state index contributed by atoms with van der Waals surface area (Å²) in [5, 5.41) is 33.8. The van der Waals surface area contributed by atoms with Gasteiger partial charge in [0.2, 0.25) is 5.75 Å². The molecule has 0 amide bonds. The molecular weight excluding hydrogens is 592 g/mol. The van der Waals surface area contributed by atoms with Crippen LogP contribution in [0.25, 0.3) is 0 Å². The van der Waals surface area contributed by atoms with Crippen LogP contribution in [0.5, 0.6) is 17.2 Å². The van der Waals surface area contributed by atoms with Gasteiger partial charge in [-0.2, -0.15) is 0 Å². The van der Waals surface area contributed by atoms with Gasteiger partial charge in [0.1, 0.15) is 11.6 Å². The smallest absolute Gasteiger partial charge is 0.336 e. The molecule has 0 spiro atoms. The molecule has 0 saturated carbocycles. The second kappa shape index (κ2) is 15.7. The van der Waals surface area contributed by atoms with E-state index in [1.807, 2.05) is 12.1 Å². The number of rotatable bonds is 12. The summed E-state index contributed by atoms with van der Waals surface area (Å²) < 4.78 is 22.2. The van der Waals surface area contributed by atoms with Crippen LogP contribution >= 0.6 is 0 Å². The summed E-state index contributed by atoms with van der Waals surface area (Å²) >= 11 is 0. The molecule has 1 saturated heterocycles. The average molecular weight is 635 g/mol. The molecule has 2 aliphatic heterocycles. The van der Waals surface area contributed by atoms with Crippen molar-refractivity contribution in [2.24, 2.45) is 0 Å². The van der Waals surface area contributed by atoms with Crippen LogP contribution < -0.4 is 19.1 Å². The zero-order chi connectivity index (χ0) is 33.3. The number of aliphatic carboxylic acids is 3. The first-order valence-electron chi connectivity index (χ1n) is 14.4. The molecule has 1 fully saturated rings. The van der Waals surface area contributed by atoms with E-state index >= 15 is 0 Å². The summed E-state index contributed by atoms with van der Waals surface area (Å²) in [5.74, 6) is -0.708. The molecule has 4 N–H and O–H groups in total. The Labute approximate surface area is 261 Å². The van der Waals surface area contributed by atoms with Gasteiger partial charge in [0.15, 0.2) is 17.1 Å². The van der Waals surface area contributed by atoms with E-state index in [1.165, 1.54) is 5.56 Å². The zero-order valence-electron chi connectivity index (χ0n) is 26.2. The van der Waals surface area contributed by atoms with Crippen molar-refractivity contribution >= 4 is 23.7 Å². The second-order valence-electron chi connectivity index (χ2n) is 11.0. The molecule has 0 unspecified atom stereocenters. The predicted molar refractivity (Wildman–Crippen MR) is 160 cm³/mol. The summed E-state index contributed by atoms with van der Waals surface area (Å²) in [5.41, 5.74) is 0.750. The maximum absolute atomic E-state index is 10.3. The van der Waals surface area contributed by atoms with Crippen molar-refractivity contribution < 1.29 is 53.8 Å². The number of carbonyl (C=O) groups is 3. The van der Waals surface area contributed by atoms with Crippen LogP contribution in [0.1, 0.15) is 55.3 Å². The number of ether oxygens (including phenoxy) is 4. The number of fused-ring (bicyclic) bond motifs is 1. The van der Waals surface area contributed by atoms with Gasteiger partial charge in [0, 0.05) is 49.8 Å². The number of anilines is 1. The molecule has 1 aromatic carbocycles. The normalized spacial score (nSPS) is 15.0. The number of nitrogens with zero attached hydrogens (tertiary/aromatic N) is 4. The van der Waals surface area contributed by atoms with Crippen LogP contribution in [0.2, 0.25) is 0 Å². The number of carboxylic acids is 3. The largest absolute Gasteiger partial charge is 0.493 e. The third kappa shape index (κ3) is 8.93. The fourth-order valence-corrected chi connectivity index (χ4v) is 5.16. The van der Waals surface area contributed by atoms with Gasteiger partial charge < -0.3 is 44.3 Å². The van der Waals surface area contributed by atoms with Gasteiger partial charge in [-0.15, -0.1) is 0 Å². The Morgan fingerprint density at radius 1 is 0.933 bits per heavy atom. The SMILES string of the molecule is COc1ccc(CN2CCc3c(nc(C(C)C)nc3N3CCOCC3)C2)c(OC)c1OC.O=C(O)CC(O)(CC(=O)O)C(=O)O. The first kappa shape index (κ1) is 35.3. The monoisotopic (exact) mass is 634 g/mol. The van der Waals surface area contributed by atoms with E-state index in [4.69, 9.17) is 49.3 Å². The molecule has 0 bridgehead atoms. The number of hydrogen-bond acceptors (Lipinski definition) is 12. The van der Waals surface area contributed by atoms with Crippen molar-refractivity contribution in [2.75, 3.05) is 59.1 Å². The van der Waals surface area contributed by atoms with Gasteiger partial charge in [0.25, 0.3) is 0 Å². The highest BCUT2D eigenvalue weighted by molar-refractivity contribution is 5.88. The molecule has 0 radical (unpaired) electrons. The molecule has 0 aliphatic carbocycles. The van der Waals surface area contributed by atoms with E-state index in [2.05, 4.69) is 23.6 Å². The fraction of sp³-hybridized carbons (Fsp3) is 0.567. The number of methoxy groups -OCH3 is 3. The van der Waals surface area contributed by atoms with E-state index in [-0.39, 0.29) is 5.92 Å². The van der Waals surface area contributed by atoms with E-state index in [0.29, 0.717) is 11.5 Å². The number of aliphatic hydroxyl groups is 1. The molecule has 3 heterocycles. The number of aromatic nitrogens is 2. The van der Waals surface area contributed by atoms with E-state index in [9.17, 15) is 14.4 Å². The summed E-state index contributed by atoms with van der Waals surface area (Å²) in [6.45, 7) is 10.0. The lowest BCUT2D eigenvalue weighted by molar-refractivity contribution is -0.170. The number of benzene rings is 1. The molecule has 15 heteroatoms. The third-order valence-electron chi connectivity index (χ3n) is 7.43. The van der Waals surface area contributed by atoms with Crippen LogP contribution in [0, 0.1) is 0 Å². The van der Waals surface area contributed by atoms with Crippen molar-refractivity contribution in [3.8, 4) is 17.2 Å². The standard InChI is InChI=1S/C24H34N4O4.C6H8O7/c1-16(2)23-25-19-15-27(9-8-18(19)24(26-23)28-10-12-32-13-11-28)14-17-6-7-20(29-3)22(31-5)21(17)30-4;7-3(8)1-6(13,5(11)12)2-4(9)10/h6-7,16H,8-15H2,1-5H3;13H,1-2H2,(H,7,8)(H,9,10)(H,11,12). The van der Waals surface area contributed by atoms with Crippen molar-refractivity contribution in [3.63, 3.8) is 0 Å². The van der Waals surface area contributed by atoms with Crippen molar-refractivity contribution in [2.45, 2.75) is 57.7 Å². The molecule has 4 rings (SSSR count). The Bertz CT molecular complexity index is 1350. The molecular formula is C30H42N4O11. The molecule has 2 aliphatic rings. The van der Waals surface area contributed by atoms with Gasteiger partial charge in [-0.3, -0.25) is 14.5 Å². The minimum absolute atomic E-state index is 0.279. The first-order valence-corrected chi connectivity index (χ1v) is 14.4. The minimum Gasteiger partial charge on any atom is -0.493 e. The summed E-state index contributed by atoms with van der Waals surface area (Å²) in [4.78, 5) is 45.2. The Kier molecular flexibility index (Phi) is 12.3. The molecule has 0 atom stereocenters. The van der Waals surface area contributed by atoms with Gasteiger partial charge in [-0.25, -0.2) is 14.8 Å². The summed E-state index contributed by atoms with van der Waals surface area (Å²) in [7, 11) is 4.94. The lowest BCUT2D eigenvalue weighted by Crippen LogP contribution is -2.42. The van der Waals surface area contributed by atoms with Gasteiger partial charge in [-0.05, 0) is 12.5 Å². The van der Waals surface area contributed by atoms with E-state index < -0.39 is 36.4 Å². The Balaban J connectivity index is 0.000000360. The molecule has 15 nitrogen and oxygen atoms in total. The van der Waals surface area contributed by atoms with Crippen LogP contribution in [-0.2, 0) is 38.6 Å². The summed E-state index contributed by atoms with van der Waals surface area (Å²) in [6.07, 6.45) is -1.36. The third-order valence-corrected chi connectivity index (χ3v) is 7.43. The van der Waals surface area contributed by atoms with Gasteiger partial charge >= 0.3 is 17.9 Å². The molecule has 1 aromatic heterocycles.